The molecule has 0 unspecified atom stereocenters. The highest BCUT2D eigenvalue weighted by Gasteiger charge is 2.14. The van der Waals surface area contributed by atoms with Gasteiger partial charge in [-0.1, -0.05) is 30.3 Å². The molecule has 2 heterocycles. The fourth-order valence-electron chi connectivity index (χ4n) is 1.95. The molecule has 3 rings (SSSR count). The number of hydrogen-bond acceptors (Lipinski definition) is 5. The maximum absolute atomic E-state index is 12.2. The smallest absolute Gasteiger partial charge is 0.263 e. The minimum atomic E-state index is -0.437. The van der Waals surface area contributed by atoms with Gasteiger partial charge in [0.25, 0.3) is 5.56 Å². The van der Waals surface area contributed by atoms with Crippen LogP contribution in [0.4, 0.5) is 0 Å². The lowest BCUT2D eigenvalue weighted by Gasteiger charge is -2.05. The molecule has 0 fully saturated rings. The van der Waals surface area contributed by atoms with Crippen molar-refractivity contribution >= 4 is 0 Å². The zero-order chi connectivity index (χ0) is 14.8. The van der Waals surface area contributed by atoms with Gasteiger partial charge >= 0.3 is 0 Å². The molecule has 21 heavy (non-hydrogen) atoms. The third-order valence-corrected chi connectivity index (χ3v) is 2.96. The average Bonchev–Trinajstić information content (AvgIpc) is 2.48. The maximum Gasteiger partial charge on any atom is 0.263 e. The molecular formula is C15H12N4O2. The van der Waals surface area contributed by atoms with Gasteiger partial charge in [0.1, 0.15) is 5.56 Å². The summed E-state index contributed by atoms with van der Waals surface area (Å²) in [6, 6.07) is 8.86. The van der Waals surface area contributed by atoms with E-state index in [2.05, 4.69) is 19.9 Å². The second-order valence-electron chi connectivity index (χ2n) is 4.56. The van der Waals surface area contributed by atoms with Gasteiger partial charge in [0, 0.05) is 12.4 Å². The van der Waals surface area contributed by atoms with Gasteiger partial charge in [0.05, 0.1) is 0 Å². The number of aromatic hydroxyl groups is 1. The van der Waals surface area contributed by atoms with Crippen LogP contribution in [-0.2, 0) is 0 Å². The number of aryl methyl sites for hydroxylation is 1. The highest BCUT2D eigenvalue weighted by molar-refractivity contribution is 5.68. The fourth-order valence-corrected chi connectivity index (χ4v) is 1.95. The first kappa shape index (κ1) is 13.0. The predicted octanol–water partition coefficient (Wildman–Crippen LogP) is 1.91. The number of rotatable bonds is 2. The minimum Gasteiger partial charge on any atom is -0.493 e. The topological polar surface area (TPSA) is 91.8 Å². The van der Waals surface area contributed by atoms with Crippen LogP contribution >= 0.6 is 0 Å². The number of H-pyrrole nitrogens is 1. The van der Waals surface area contributed by atoms with Gasteiger partial charge in [-0.05, 0) is 18.1 Å². The van der Waals surface area contributed by atoms with Crippen LogP contribution in [0.5, 0.6) is 5.88 Å². The van der Waals surface area contributed by atoms with E-state index in [1.165, 1.54) is 0 Å². The Balaban J connectivity index is 2.13. The lowest BCUT2D eigenvalue weighted by atomic mass is 10.1. The predicted molar refractivity (Wildman–Crippen MR) is 77.7 cm³/mol. The van der Waals surface area contributed by atoms with E-state index < -0.39 is 5.56 Å². The molecular weight excluding hydrogens is 268 g/mol. The molecule has 0 spiro atoms. The number of nitrogens with one attached hydrogen (secondary N) is 1. The first-order valence-corrected chi connectivity index (χ1v) is 6.33. The highest BCUT2D eigenvalue weighted by Crippen LogP contribution is 2.24. The van der Waals surface area contributed by atoms with Gasteiger partial charge in [-0.2, -0.15) is 4.98 Å². The van der Waals surface area contributed by atoms with Gasteiger partial charge in [-0.15, -0.1) is 0 Å². The second-order valence-corrected chi connectivity index (χ2v) is 4.56. The second kappa shape index (κ2) is 5.16. The van der Waals surface area contributed by atoms with Gasteiger partial charge in [-0.3, -0.25) is 4.79 Å². The number of aromatic nitrogens is 4. The Kier molecular flexibility index (Phi) is 3.19. The third kappa shape index (κ3) is 2.51. The van der Waals surface area contributed by atoms with Crippen LogP contribution in [0, 0.1) is 6.92 Å². The molecule has 6 heteroatoms. The summed E-state index contributed by atoms with van der Waals surface area (Å²) >= 11 is 0. The lowest BCUT2D eigenvalue weighted by molar-refractivity contribution is 0.454. The summed E-state index contributed by atoms with van der Waals surface area (Å²) in [5, 5.41) is 10.1. The Hall–Kier alpha value is -3.02. The molecule has 0 bridgehead atoms. The Morgan fingerprint density at radius 3 is 2.38 bits per heavy atom. The van der Waals surface area contributed by atoms with Crippen molar-refractivity contribution in [1.82, 2.24) is 19.9 Å². The molecule has 2 N–H and O–H groups in total. The Labute approximate surface area is 120 Å². The molecule has 0 radical (unpaired) electrons. The molecule has 0 aliphatic heterocycles. The largest absolute Gasteiger partial charge is 0.493 e. The highest BCUT2D eigenvalue weighted by atomic mass is 16.3. The van der Waals surface area contributed by atoms with Crippen LogP contribution in [0.2, 0.25) is 0 Å². The molecule has 0 aliphatic rings. The summed E-state index contributed by atoms with van der Waals surface area (Å²) in [7, 11) is 0. The SMILES string of the molecule is Cc1cnc(-c2nc(O)c(-c3ccccc3)c(=O)[nH]2)nc1. The maximum atomic E-state index is 12.2. The normalized spacial score (nSPS) is 10.5. The van der Waals surface area contributed by atoms with E-state index in [4.69, 9.17) is 0 Å². The van der Waals surface area contributed by atoms with Gasteiger partial charge in [-0.25, -0.2) is 9.97 Å². The molecule has 0 amide bonds. The quantitative estimate of drug-likeness (QED) is 0.748. The summed E-state index contributed by atoms with van der Waals surface area (Å²) in [6.07, 6.45) is 3.23. The van der Waals surface area contributed by atoms with Gasteiger partial charge in [0.2, 0.25) is 5.88 Å². The molecule has 0 atom stereocenters. The van der Waals surface area contributed by atoms with Gasteiger partial charge in [0.15, 0.2) is 11.6 Å². The van der Waals surface area contributed by atoms with Crippen LogP contribution in [0.25, 0.3) is 22.8 Å². The van der Waals surface area contributed by atoms with Crippen LogP contribution < -0.4 is 5.56 Å². The molecule has 2 aromatic heterocycles. The van der Waals surface area contributed by atoms with E-state index in [0.717, 1.165) is 5.56 Å². The molecule has 0 saturated carbocycles. The van der Waals surface area contributed by atoms with E-state index >= 15 is 0 Å². The van der Waals surface area contributed by atoms with Crippen LogP contribution in [0.15, 0.2) is 47.5 Å². The van der Waals surface area contributed by atoms with Crippen molar-refractivity contribution in [3.63, 3.8) is 0 Å². The number of benzene rings is 1. The van der Waals surface area contributed by atoms with Gasteiger partial charge < -0.3 is 10.1 Å². The fraction of sp³-hybridized carbons (Fsp3) is 0.0667. The summed E-state index contributed by atoms with van der Waals surface area (Å²) in [4.78, 5) is 26.9. The van der Waals surface area contributed by atoms with Crippen molar-refractivity contribution in [2.75, 3.05) is 0 Å². The molecule has 1 aromatic carbocycles. The van der Waals surface area contributed by atoms with Crippen LogP contribution in [0.3, 0.4) is 0 Å². The van der Waals surface area contributed by atoms with Crippen LogP contribution in [-0.4, -0.2) is 25.0 Å². The Morgan fingerprint density at radius 2 is 1.76 bits per heavy atom. The molecule has 104 valence electrons. The number of nitrogens with zero attached hydrogens (tertiary/aromatic N) is 3. The minimum absolute atomic E-state index is 0.131. The monoisotopic (exact) mass is 280 g/mol. The van der Waals surface area contributed by atoms with E-state index in [1.807, 2.05) is 13.0 Å². The molecule has 6 nitrogen and oxygen atoms in total. The number of hydrogen-bond donors (Lipinski definition) is 2. The van der Waals surface area contributed by atoms with E-state index in [1.54, 1.807) is 36.7 Å². The Bertz CT molecular complexity index is 827. The van der Waals surface area contributed by atoms with Crippen molar-refractivity contribution < 1.29 is 5.11 Å². The van der Waals surface area contributed by atoms with Crippen molar-refractivity contribution in [2.45, 2.75) is 6.92 Å². The first-order valence-electron chi connectivity index (χ1n) is 6.33. The first-order chi connectivity index (χ1) is 10.1. The van der Waals surface area contributed by atoms with Crippen LogP contribution in [0.1, 0.15) is 5.56 Å². The van der Waals surface area contributed by atoms with Crippen molar-refractivity contribution in [2.24, 2.45) is 0 Å². The summed E-state index contributed by atoms with van der Waals surface area (Å²) in [6.45, 7) is 1.86. The number of aromatic amines is 1. The zero-order valence-electron chi connectivity index (χ0n) is 11.2. The zero-order valence-corrected chi connectivity index (χ0v) is 11.2. The van der Waals surface area contributed by atoms with Crippen molar-refractivity contribution in [1.29, 1.82) is 0 Å². The van der Waals surface area contributed by atoms with E-state index in [-0.39, 0.29) is 23.1 Å². The van der Waals surface area contributed by atoms with Crippen molar-refractivity contribution in [3.05, 3.63) is 58.6 Å². The summed E-state index contributed by atoms with van der Waals surface area (Å²) in [5.41, 5.74) is 1.19. The molecule has 0 saturated heterocycles. The third-order valence-electron chi connectivity index (χ3n) is 2.96. The average molecular weight is 280 g/mol. The van der Waals surface area contributed by atoms with E-state index in [9.17, 15) is 9.90 Å². The standard InChI is InChI=1S/C15H12N4O2/c1-9-7-16-12(17-8-9)13-18-14(20)11(15(21)19-13)10-5-3-2-4-6-10/h2-8H,1H3,(H2,18,19,20,21). The van der Waals surface area contributed by atoms with Crippen molar-refractivity contribution in [3.8, 4) is 28.7 Å². The summed E-state index contributed by atoms with van der Waals surface area (Å²) in [5.74, 6) is 0.0499. The summed E-state index contributed by atoms with van der Waals surface area (Å²) < 4.78 is 0. The Morgan fingerprint density at radius 1 is 1.10 bits per heavy atom. The molecule has 0 aliphatic carbocycles. The molecule has 3 aromatic rings. The lowest BCUT2D eigenvalue weighted by Crippen LogP contribution is -2.13. The van der Waals surface area contributed by atoms with E-state index in [0.29, 0.717) is 5.56 Å².